The third kappa shape index (κ3) is 2.68. The van der Waals surface area contributed by atoms with Gasteiger partial charge in [0.2, 0.25) is 5.13 Å². The Balaban J connectivity index is 1.60. The molecule has 0 unspecified atom stereocenters. The van der Waals surface area contributed by atoms with Crippen LogP contribution in [-0.4, -0.2) is 21.1 Å². The molecule has 0 spiro atoms. The number of amides is 1. The molecule has 0 aliphatic carbocycles. The second kappa shape index (κ2) is 6.10. The first-order valence-electron chi connectivity index (χ1n) is 7.27. The first-order chi connectivity index (χ1) is 11.7. The SMILES string of the molecule is Cc1c(C(=O)Nc2nnc(-c3ccccn3)s2)sc2ccccc12. The quantitative estimate of drug-likeness (QED) is 0.594. The molecule has 0 radical (unpaired) electrons. The average molecular weight is 352 g/mol. The Kier molecular flexibility index (Phi) is 3.79. The standard InChI is InChI=1S/C17H12N4OS2/c1-10-11-6-2-3-8-13(11)23-14(10)15(22)19-17-21-20-16(24-17)12-7-4-5-9-18-12/h2-9H,1H3,(H,19,21,22). The van der Waals surface area contributed by atoms with Crippen molar-refractivity contribution in [3.8, 4) is 10.7 Å². The van der Waals surface area contributed by atoms with Crippen molar-refractivity contribution in [3.63, 3.8) is 0 Å². The molecule has 7 heteroatoms. The van der Waals surface area contributed by atoms with Gasteiger partial charge in [-0.25, -0.2) is 0 Å². The summed E-state index contributed by atoms with van der Waals surface area (Å²) in [6.07, 6.45) is 1.70. The van der Waals surface area contributed by atoms with Crippen LogP contribution in [0.15, 0.2) is 48.7 Å². The summed E-state index contributed by atoms with van der Waals surface area (Å²) in [5.41, 5.74) is 1.73. The Bertz CT molecular complexity index is 1020. The zero-order valence-corrected chi connectivity index (χ0v) is 14.3. The number of nitrogens with zero attached hydrogens (tertiary/aromatic N) is 3. The van der Waals surface area contributed by atoms with Gasteiger partial charge in [-0.1, -0.05) is 35.6 Å². The molecule has 3 aromatic heterocycles. The Hall–Kier alpha value is -2.64. The molecule has 0 saturated heterocycles. The van der Waals surface area contributed by atoms with Crippen molar-refractivity contribution in [3.05, 3.63) is 59.1 Å². The van der Waals surface area contributed by atoms with Gasteiger partial charge in [0.05, 0.1) is 4.88 Å². The molecule has 24 heavy (non-hydrogen) atoms. The smallest absolute Gasteiger partial charge is 0.267 e. The van der Waals surface area contributed by atoms with Crippen LogP contribution in [0.25, 0.3) is 20.8 Å². The fourth-order valence-electron chi connectivity index (χ4n) is 2.41. The molecule has 0 atom stereocenters. The van der Waals surface area contributed by atoms with E-state index in [4.69, 9.17) is 0 Å². The van der Waals surface area contributed by atoms with E-state index in [1.165, 1.54) is 22.7 Å². The number of benzene rings is 1. The Morgan fingerprint density at radius 2 is 1.88 bits per heavy atom. The molecule has 4 rings (SSSR count). The van der Waals surface area contributed by atoms with E-state index >= 15 is 0 Å². The van der Waals surface area contributed by atoms with Crippen LogP contribution in [0.1, 0.15) is 15.2 Å². The number of nitrogens with one attached hydrogen (secondary N) is 1. The van der Waals surface area contributed by atoms with Crippen LogP contribution in [-0.2, 0) is 0 Å². The molecule has 0 fully saturated rings. The maximum absolute atomic E-state index is 12.6. The van der Waals surface area contributed by atoms with E-state index in [0.29, 0.717) is 15.0 Å². The third-order valence-electron chi connectivity index (χ3n) is 3.58. The molecule has 1 amide bonds. The first kappa shape index (κ1) is 14.9. The van der Waals surface area contributed by atoms with Crippen LogP contribution in [0.2, 0.25) is 0 Å². The second-order valence-corrected chi connectivity index (χ2v) is 7.16. The number of thiophene rings is 1. The van der Waals surface area contributed by atoms with E-state index < -0.39 is 0 Å². The number of aryl methyl sites for hydroxylation is 1. The summed E-state index contributed by atoms with van der Waals surface area (Å²) in [7, 11) is 0. The highest BCUT2D eigenvalue weighted by Gasteiger charge is 2.17. The van der Waals surface area contributed by atoms with Gasteiger partial charge >= 0.3 is 0 Å². The molecule has 118 valence electrons. The maximum Gasteiger partial charge on any atom is 0.267 e. The third-order valence-corrected chi connectivity index (χ3v) is 5.71. The summed E-state index contributed by atoms with van der Waals surface area (Å²) in [4.78, 5) is 17.5. The predicted molar refractivity (Wildman–Crippen MR) is 97.7 cm³/mol. The zero-order valence-electron chi connectivity index (χ0n) is 12.7. The van der Waals surface area contributed by atoms with Gasteiger partial charge in [0.1, 0.15) is 5.69 Å². The van der Waals surface area contributed by atoms with Crippen molar-refractivity contribution in [1.29, 1.82) is 0 Å². The van der Waals surface area contributed by atoms with Gasteiger partial charge in [-0.3, -0.25) is 15.1 Å². The molecule has 3 heterocycles. The number of aromatic nitrogens is 3. The molecule has 0 aliphatic heterocycles. The van der Waals surface area contributed by atoms with Gasteiger partial charge in [-0.2, -0.15) is 0 Å². The molecule has 5 nitrogen and oxygen atoms in total. The van der Waals surface area contributed by atoms with Gasteiger partial charge in [0.25, 0.3) is 5.91 Å². The molecule has 0 saturated carbocycles. The molecule has 1 aromatic carbocycles. The number of fused-ring (bicyclic) bond motifs is 1. The Labute approximate surface area is 146 Å². The van der Waals surface area contributed by atoms with Crippen molar-refractivity contribution in [2.24, 2.45) is 0 Å². The number of hydrogen-bond acceptors (Lipinski definition) is 6. The minimum atomic E-state index is -0.155. The van der Waals surface area contributed by atoms with E-state index in [1.807, 2.05) is 49.4 Å². The molecular weight excluding hydrogens is 340 g/mol. The lowest BCUT2D eigenvalue weighted by molar-refractivity contribution is 0.103. The number of hydrogen-bond donors (Lipinski definition) is 1. The van der Waals surface area contributed by atoms with E-state index in [1.54, 1.807) is 6.20 Å². The Morgan fingerprint density at radius 3 is 2.67 bits per heavy atom. The summed E-state index contributed by atoms with van der Waals surface area (Å²) in [6, 6.07) is 13.6. The number of rotatable bonds is 3. The lowest BCUT2D eigenvalue weighted by Gasteiger charge is -1.99. The summed E-state index contributed by atoms with van der Waals surface area (Å²) in [5.74, 6) is -0.155. The molecule has 0 aliphatic rings. The van der Waals surface area contributed by atoms with Crippen molar-refractivity contribution < 1.29 is 4.79 Å². The van der Waals surface area contributed by atoms with Crippen LogP contribution in [0.4, 0.5) is 5.13 Å². The van der Waals surface area contributed by atoms with Gasteiger partial charge in [0.15, 0.2) is 5.01 Å². The Morgan fingerprint density at radius 1 is 1.04 bits per heavy atom. The number of carbonyl (C=O) groups is 1. The van der Waals surface area contributed by atoms with Crippen molar-refractivity contribution in [2.45, 2.75) is 6.92 Å². The summed E-state index contributed by atoms with van der Waals surface area (Å²) >= 11 is 2.80. The average Bonchev–Trinajstić information content (AvgIpc) is 3.21. The summed E-state index contributed by atoms with van der Waals surface area (Å²) in [6.45, 7) is 1.97. The predicted octanol–water partition coefficient (Wildman–Crippen LogP) is 4.38. The lowest BCUT2D eigenvalue weighted by atomic mass is 10.1. The lowest BCUT2D eigenvalue weighted by Crippen LogP contribution is -2.11. The normalized spacial score (nSPS) is 10.9. The fourth-order valence-corrected chi connectivity index (χ4v) is 4.23. The fraction of sp³-hybridized carbons (Fsp3) is 0.0588. The summed E-state index contributed by atoms with van der Waals surface area (Å²) in [5, 5.41) is 13.2. The van der Waals surface area contributed by atoms with E-state index in [2.05, 4.69) is 20.5 Å². The number of anilines is 1. The van der Waals surface area contributed by atoms with Gasteiger partial charge < -0.3 is 0 Å². The number of pyridine rings is 1. The van der Waals surface area contributed by atoms with Crippen molar-refractivity contribution in [2.75, 3.05) is 5.32 Å². The monoisotopic (exact) mass is 352 g/mol. The number of carbonyl (C=O) groups excluding carboxylic acids is 1. The highest BCUT2D eigenvalue weighted by atomic mass is 32.1. The summed E-state index contributed by atoms with van der Waals surface area (Å²) < 4.78 is 1.10. The van der Waals surface area contributed by atoms with Crippen LogP contribution in [0, 0.1) is 6.92 Å². The van der Waals surface area contributed by atoms with Crippen LogP contribution >= 0.6 is 22.7 Å². The van der Waals surface area contributed by atoms with Crippen molar-refractivity contribution >= 4 is 43.8 Å². The molecular formula is C17H12N4OS2. The minimum Gasteiger partial charge on any atom is -0.296 e. The largest absolute Gasteiger partial charge is 0.296 e. The van der Waals surface area contributed by atoms with Crippen LogP contribution in [0.3, 0.4) is 0 Å². The van der Waals surface area contributed by atoms with Crippen LogP contribution in [0.5, 0.6) is 0 Å². The highest BCUT2D eigenvalue weighted by Crippen LogP contribution is 2.31. The van der Waals surface area contributed by atoms with E-state index in [0.717, 1.165) is 21.3 Å². The molecule has 0 bridgehead atoms. The molecule has 1 N–H and O–H groups in total. The van der Waals surface area contributed by atoms with Crippen molar-refractivity contribution in [1.82, 2.24) is 15.2 Å². The molecule has 4 aromatic rings. The van der Waals surface area contributed by atoms with Gasteiger partial charge in [-0.05, 0) is 36.1 Å². The highest BCUT2D eigenvalue weighted by molar-refractivity contribution is 7.21. The second-order valence-electron chi connectivity index (χ2n) is 5.13. The van der Waals surface area contributed by atoms with Gasteiger partial charge in [0, 0.05) is 10.9 Å². The van der Waals surface area contributed by atoms with Gasteiger partial charge in [-0.15, -0.1) is 21.5 Å². The minimum absolute atomic E-state index is 0.155. The van der Waals surface area contributed by atoms with Crippen LogP contribution < -0.4 is 5.32 Å². The zero-order chi connectivity index (χ0) is 16.5. The maximum atomic E-state index is 12.6. The first-order valence-corrected chi connectivity index (χ1v) is 8.90. The topological polar surface area (TPSA) is 67.8 Å². The van der Waals surface area contributed by atoms with E-state index in [9.17, 15) is 4.79 Å². The van der Waals surface area contributed by atoms with E-state index in [-0.39, 0.29) is 5.91 Å².